The number of hydrogen-bond donors (Lipinski definition) is 1. The third-order valence-electron chi connectivity index (χ3n) is 3.61. The zero-order valence-electron chi connectivity index (χ0n) is 11.9. The van der Waals surface area contributed by atoms with E-state index in [9.17, 15) is 4.39 Å². The average molecular weight is 251 g/mol. The van der Waals surface area contributed by atoms with Crippen molar-refractivity contribution in [1.82, 2.24) is 5.32 Å². The van der Waals surface area contributed by atoms with Crippen molar-refractivity contribution in [2.24, 2.45) is 5.92 Å². The Kier molecular flexibility index (Phi) is 6.96. The highest BCUT2D eigenvalue weighted by Gasteiger charge is 2.09. The summed E-state index contributed by atoms with van der Waals surface area (Å²) in [6.07, 6.45) is 4.53. The average Bonchev–Trinajstić information content (AvgIpc) is 2.37. The first-order valence-corrected chi connectivity index (χ1v) is 7.13. The van der Waals surface area contributed by atoms with Gasteiger partial charge in [-0.15, -0.1) is 0 Å². The molecule has 0 heterocycles. The summed E-state index contributed by atoms with van der Waals surface area (Å²) >= 11 is 0. The van der Waals surface area contributed by atoms with Crippen molar-refractivity contribution in [2.75, 3.05) is 6.54 Å². The molecule has 0 radical (unpaired) electrons. The van der Waals surface area contributed by atoms with Crippen LogP contribution in [0.3, 0.4) is 0 Å². The highest BCUT2D eigenvalue weighted by molar-refractivity contribution is 5.16. The fourth-order valence-corrected chi connectivity index (χ4v) is 2.16. The molecule has 102 valence electrons. The lowest BCUT2D eigenvalue weighted by atomic mass is 9.97. The molecule has 1 nitrogen and oxygen atoms in total. The molecule has 0 fully saturated rings. The van der Waals surface area contributed by atoms with Crippen molar-refractivity contribution < 1.29 is 4.39 Å². The number of benzene rings is 1. The van der Waals surface area contributed by atoms with Crippen molar-refractivity contribution in [3.63, 3.8) is 0 Å². The Bertz CT molecular complexity index is 338. The molecule has 1 aromatic rings. The summed E-state index contributed by atoms with van der Waals surface area (Å²) < 4.78 is 13.0. The number of hydrogen-bond acceptors (Lipinski definition) is 1. The van der Waals surface area contributed by atoms with Crippen molar-refractivity contribution in [3.05, 3.63) is 35.6 Å². The van der Waals surface area contributed by atoms with E-state index >= 15 is 0 Å². The van der Waals surface area contributed by atoms with Crippen molar-refractivity contribution >= 4 is 0 Å². The first-order valence-electron chi connectivity index (χ1n) is 7.13. The molecule has 0 amide bonds. The Labute approximate surface area is 111 Å². The second kappa shape index (κ2) is 8.25. The van der Waals surface area contributed by atoms with E-state index in [0.717, 1.165) is 30.9 Å². The van der Waals surface area contributed by atoms with Gasteiger partial charge in [-0.1, -0.05) is 39.3 Å². The number of rotatable bonds is 8. The van der Waals surface area contributed by atoms with E-state index in [1.807, 2.05) is 6.07 Å². The summed E-state index contributed by atoms with van der Waals surface area (Å²) in [4.78, 5) is 0. The van der Waals surface area contributed by atoms with Gasteiger partial charge in [0.05, 0.1) is 0 Å². The molecule has 0 aliphatic carbocycles. The van der Waals surface area contributed by atoms with Crippen LogP contribution in [0.1, 0.15) is 45.6 Å². The minimum absolute atomic E-state index is 0.140. The van der Waals surface area contributed by atoms with Gasteiger partial charge in [0.25, 0.3) is 0 Å². The van der Waals surface area contributed by atoms with Crippen LogP contribution >= 0.6 is 0 Å². The maximum Gasteiger partial charge on any atom is 0.123 e. The molecule has 2 atom stereocenters. The SMILES string of the molecule is CCC(C)CC(CC)NCCc1cccc(F)c1. The van der Waals surface area contributed by atoms with Crippen molar-refractivity contribution in [1.29, 1.82) is 0 Å². The normalized spacial score (nSPS) is 14.4. The van der Waals surface area contributed by atoms with Gasteiger partial charge in [-0.25, -0.2) is 4.39 Å². The van der Waals surface area contributed by atoms with E-state index in [1.54, 1.807) is 12.1 Å². The van der Waals surface area contributed by atoms with Crippen LogP contribution in [0.5, 0.6) is 0 Å². The lowest BCUT2D eigenvalue weighted by Gasteiger charge is -2.20. The van der Waals surface area contributed by atoms with Gasteiger partial charge in [-0.05, 0) is 49.4 Å². The van der Waals surface area contributed by atoms with Crippen LogP contribution < -0.4 is 5.32 Å². The second-order valence-corrected chi connectivity index (χ2v) is 5.19. The monoisotopic (exact) mass is 251 g/mol. The Balaban J connectivity index is 2.31. The molecule has 0 saturated heterocycles. The standard InChI is InChI=1S/C16H26FN/c1-4-13(3)11-16(5-2)18-10-9-14-7-6-8-15(17)12-14/h6-8,12-13,16,18H,4-5,9-11H2,1-3H3. The van der Waals surface area contributed by atoms with E-state index in [2.05, 4.69) is 26.1 Å². The van der Waals surface area contributed by atoms with Crippen LogP contribution in [0, 0.1) is 11.7 Å². The number of halogens is 1. The lowest BCUT2D eigenvalue weighted by Crippen LogP contribution is -2.31. The van der Waals surface area contributed by atoms with E-state index in [1.165, 1.54) is 18.9 Å². The summed E-state index contributed by atoms with van der Waals surface area (Å²) in [5.74, 6) is 0.635. The van der Waals surface area contributed by atoms with E-state index in [0.29, 0.717) is 6.04 Å². The molecule has 0 spiro atoms. The summed E-state index contributed by atoms with van der Waals surface area (Å²) in [7, 11) is 0. The topological polar surface area (TPSA) is 12.0 Å². The van der Waals surface area contributed by atoms with Gasteiger partial charge >= 0.3 is 0 Å². The molecule has 0 bridgehead atoms. The van der Waals surface area contributed by atoms with Gasteiger partial charge in [-0.2, -0.15) is 0 Å². The molecule has 1 rings (SSSR count). The second-order valence-electron chi connectivity index (χ2n) is 5.19. The molecular weight excluding hydrogens is 225 g/mol. The molecular formula is C16H26FN. The maximum absolute atomic E-state index is 13.0. The highest BCUT2D eigenvalue weighted by atomic mass is 19.1. The summed E-state index contributed by atoms with van der Waals surface area (Å²) in [5.41, 5.74) is 1.07. The minimum Gasteiger partial charge on any atom is -0.314 e. The van der Waals surface area contributed by atoms with Gasteiger partial charge in [0.15, 0.2) is 0 Å². The first kappa shape index (κ1) is 15.2. The van der Waals surface area contributed by atoms with Crippen molar-refractivity contribution in [3.8, 4) is 0 Å². The first-order chi connectivity index (χ1) is 8.65. The van der Waals surface area contributed by atoms with Crippen LogP contribution in [-0.2, 0) is 6.42 Å². The van der Waals surface area contributed by atoms with Crippen LogP contribution in [0.15, 0.2) is 24.3 Å². The molecule has 1 N–H and O–H groups in total. The Morgan fingerprint density at radius 3 is 2.61 bits per heavy atom. The molecule has 2 unspecified atom stereocenters. The zero-order valence-corrected chi connectivity index (χ0v) is 11.9. The molecule has 0 aliphatic heterocycles. The molecule has 0 aromatic heterocycles. The highest BCUT2D eigenvalue weighted by Crippen LogP contribution is 2.12. The number of nitrogens with one attached hydrogen (secondary N) is 1. The van der Waals surface area contributed by atoms with Crippen LogP contribution in [0.25, 0.3) is 0 Å². The summed E-state index contributed by atoms with van der Waals surface area (Å²) in [6, 6.07) is 7.47. The van der Waals surface area contributed by atoms with Gasteiger partial charge in [0.1, 0.15) is 5.82 Å². The maximum atomic E-state index is 13.0. The van der Waals surface area contributed by atoms with Crippen LogP contribution in [0.2, 0.25) is 0 Å². The Hall–Kier alpha value is -0.890. The van der Waals surface area contributed by atoms with Gasteiger partial charge < -0.3 is 5.32 Å². The van der Waals surface area contributed by atoms with E-state index in [-0.39, 0.29) is 5.82 Å². The smallest absolute Gasteiger partial charge is 0.123 e. The van der Waals surface area contributed by atoms with Gasteiger partial charge in [0.2, 0.25) is 0 Å². The van der Waals surface area contributed by atoms with E-state index in [4.69, 9.17) is 0 Å². The third-order valence-corrected chi connectivity index (χ3v) is 3.61. The zero-order chi connectivity index (χ0) is 13.4. The lowest BCUT2D eigenvalue weighted by molar-refractivity contribution is 0.387. The van der Waals surface area contributed by atoms with E-state index < -0.39 is 0 Å². The molecule has 1 aromatic carbocycles. The summed E-state index contributed by atoms with van der Waals surface area (Å²) in [5, 5.41) is 3.58. The minimum atomic E-state index is -0.140. The Morgan fingerprint density at radius 2 is 2.00 bits per heavy atom. The quantitative estimate of drug-likeness (QED) is 0.731. The fourth-order valence-electron chi connectivity index (χ4n) is 2.16. The Morgan fingerprint density at radius 1 is 1.22 bits per heavy atom. The molecule has 18 heavy (non-hydrogen) atoms. The van der Waals surface area contributed by atoms with Crippen LogP contribution in [0.4, 0.5) is 4.39 Å². The molecule has 0 saturated carbocycles. The summed E-state index contributed by atoms with van der Waals surface area (Å²) in [6.45, 7) is 7.70. The molecule has 2 heteroatoms. The predicted octanol–water partition coefficient (Wildman–Crippen LogP) is 4.17. The fraction of sp³-hybridized carbons (Fsp3) is 0.625. The van der Waals surface area contributed by atoms with Gasteiger partial charge in [0, 0.05) is 6.04 Å². The largest absolute Gasteiger partial charge is 0.314 e. The molecule has 0 aliphatic rings. The van der Waals surface area contributed by atoms with Crippen LogP contribution in [-0.4, -0.2) is 12.6 Å². The predicted molar refractivity (Wildman–Crippen MR) is 76.3 cm³/mol. The van der Waals surface area contributed by atoms with Gasteiger partial charge in [-0.3, -0.25) is 0 Å². The third kappa shape index (κ3) is 5.63. The van der Waals surface area contributed by atoms with Crippen molar-refractivity contribution in [2.45, 2.75) is 52.5 Å².